The SMILES string of the molecule is Cc1cc(F)cc(C)c1-n1cc(-c2nc(C3CCN(C(C)(C)C)CC3)oc2-c2ccc(F)cc2F)ccc1=O. The number of halogens is 3. The molecular formula is C31H32F3N3O2. The Morgan fingerprint density at radius 3 is 2.21 bits per heavy atom. The summed E-state index contributed by atoms with van der Waals surface area (Å²) in [5.41, 5.74) is 2.49. The molecule has 1 aliphatic rings. The monoisotopic (exact) mass is 535 g/mol. The molecule has 0 spiro atoms. The summed E-state index contributed by atoms with van der Waals surface area (Å²) >= 11 is 0. The molecular weight excluding hydrogens is 503 g/mol. The van der Waals surface area contributed by atoms with E-state index >= 15 is 0 Å². The predicted octanol–water partition coefficient (Wildman–Crippen LogP) is 7.17. The van der Waals surface area contributed by atoms with Crippen LogP contribution in [0.15, 0.2) is 57.9 Å². The first-order valence-electron chi connectivity index (χ1n) is 13.1. The summed E-state index contributed by atoms with van der Waals surface area (Å²) in [7, 11) is 0. The van der Waals surface area contributed by atoms with Gasteiger partial charge in [0, 0.05) is 35.3 Å². The maximum Gasteiger partial charge on any atom is 0.255 e. The molecule has 0 atom stereocenters. The van der Waals surface area contributed by atoms with Crippen LogP contribution in [0, 0.1) is 31.3 Å². The summed E-state index contributed by atoms with van der Waals surface area (Å²) in [5, 5.41) is 0. The quantitative estimate of drug-likeness (QED) is 0.278. The largest absolute Gasteiger partial charge is 0.440 e. The van der Waals surface area contributed by atoms with Gasteiger partial charge in [-0.3, -0.25) is 14.3 Å². The highest BCUT2D eigenvalue weighted by Crippen LogP contribution is 2.39. The first-order chi connectivity index (χ1) is 18.4. The van der Waals surface area contributed by atoms with Crippen LogP contribution in [0.25, 0.3) is 28.3 Å². The van der Waals surface area contributed by atoms with Gasteiger partial charge in [-0.25, -0.2) is 18.2 Å². The van der Waals surface area contributed by atoms with E-state index in [1.54, 1.807) is 26.1 Å². The molecule has 204 valence electrons. The maximum atomic E-state index is 15.0. The highest BCUT2D eigenvalue weighted by molar-refractivity contribution is 5.77. The fourth-order valence-electron chi connectivity index (χ4n) is 5.45. The van der Waals surface area contributed by atoms with E-state index in [4.69, 9.17) is 9.40 Å². The molecule has 2 aromatic carbocycles. The molecule has 5 rings (SSSR count). The molecule has 0 amide bonds. The van der Waals surface area contributed by atoms with Crippen molar-refractivity contribution >= 4 is 0 Å². The Morgan fingerprint density at radius 2 is 1.59 bits per heavy atom. The number of aromatic nitrogens is 2. The molecule has 4 aromatic rings. The van der Waals surface area contributed by atoms with Gasteiger partial charge in [-0.15, -0.1) is 0 Å². The second-order valence-electron chi connectivity index (χ2n) is 11.3. The van der Waals surface area contributed by atoms with Crippen LogP contribution in [0.5, 0.6) is 0 Å². The Bertz CT molecular complexity index is 1570. The molecule has 39 heavy (non-hydrogen) atoms. The van der Waals surface area contributed by atoms with Gasteiger partial charge in [0.15, 0.2) is 11.7 Å². The third-order valence-electron chi connectivity index (χ3n) is 7.49. The number of aryl methyl sites for hydroxylation is 2. The van der Waals surface area contributed by atoms with Crippen LogP contribution >= 0.6 is 0 Å². The number of rotatable bonds is 4. The smallest absolute Gasteiger partial charge is 0.255 e. The van der Waals surface area contributed by atoms with Crippen LogP contribution in [0.3, 0.4) is 0 Å². The summed E-state index contributed by atoms with van der Waals surface area (Å²) in [6.45, 7) is 11.8. The maximum absolute atomic E-state index is 15.0. The summed E-state index contributed by atoms with van der Waals surface area (Å²) in [6, 6.07) is 9.09. The number of oxazole rings is 1. The fourth-order valence-corrected chi connectivity index (χ4v) is 5.45. The van der Waals surface area contributed by atoms with Crippen molar-refractivity contribution in [3.05, 3.63) is 93.5 Å². The van der Waals surface area contributed by atoms with E-state index in [2.05, 4.69) is 25.7 Å². The summed E-state index contributed by atoms with van der Waals surface area (Å²) < 4.78 is 50.4. The molecule has 0 radical (unpaired) electrons. The third kappa shape index (κ3) is 5.30. The lowest BCUT2D eigenvalue weighted by molar-refractivity contribution is 0.0976. The molecule has 1 saturated heterocycles. The lowest BCUT2D eigenvalue weighted by atomic mass is 9.93. The van der Waals surface area contributed by atoms with Gasteiger partial charge in [-0.05, 0) is 102 Å². The molecule has 8 heteroatoms. The summed E-state index contributed by atoms with van der Waals surface area (Å²) in [5.74, 6) is -1.14. The van der Waals surface area contributed by atoms with Crippen LogP contribution in [0.2, 0.25) is 0 Å². The predicted molar refractivity (Wildman–Crippen MR) is 146 cm³/mol. The summed E-state index contributed by atoms with van der Waals surface area (Å²) in [4.78, 5) is 20.2. The van der Waals surface area contributed by atoms with Gasteiger partial charge in [0.05, 0.1) is 11.3 Å². The van der Waals surface area contributed by atoms with Gasteiger partial charge >= 0.3 is 0 Å². The van der Waals surface area contributed by atoms with Crippen LogP contribution < -0.4 is 5.56 Å². The van der Waals surface area contributed by atoms with Gasteiger partial charge in [-0.1, -0.05) is 0 Å². The van der Waals surface area contributed by atoms with E-state index in [-0.39, 0.29) is 34.2 Å². The molecule has 0 bridgehead atoms. The van der Waals surface area contributed by atoms with Gasteiger partial charge in [0.25, 0.3) is 5.56 Å². The molecule has 0 N–H and O–H groups in total. The van der Waals surface area contributed by atoms with Crippen molar-refractivity contribution in [2.24, 2.45) is 0 Å². The highest BCUT2D eigenvalue weighted by Gasteiger charge is 2.31. The van der Waals surface area contributed by atoms with E-state index < -0.39 is 11.6 Å². The normalized spacial score (nSPS) is 15.2. The average Bonchev–Trinajstić information content (AvgIpc) is 3.29. The second-order valence-corrected chi connectivity index (χ2v) is 11.3. The minimum absolute atomic E-state index is 0.0344. The van der Waals surface area contributed by atoms with Gasteiger partial charge in [-0.2, -0.15) is 0 Å². The van der Waals surface area contributed by atoms with Gasteiger partial charge < -0.3 is 4.42 Å². The molecule has 2 aromatic heterocycles. The summed E-state index contributed by atoms with van der Waals surface area (Å²) in [6.07, 6.45) is 3.27. The van der Waals surface area contributed by atoms with Crippen LogP contribution in [-0.4, -0.2) is 33.1 Å². The molecule has 1 fully saturated rings. The molecule has 1 aliphatic heterocycles. The number of hydrogen-bond acceptors (Lipinski definition) is 4. The zero-order valence-corrected chi connectivity index (χ0v) is 22.8. The Hall–Kier alpha value is -3.65. The number of piperidine rings is 1. The molecule has 0 unspecified atom stereocenters. The van der Waals surface area contributed by atoms with Crippen molar-refractivity contribution in [2.75, 3.05) is 13.1 Å². The number of nitrogens with zero attached hydrogens (tertiary/aromatic N) is 3. The van der Waals surface area contributed by atoms with E-state index in [0.717, 1.165) is 32.0 Å². The first kappa shape index (κ1) is 26.9. The van der Waals surface area contributed by atoms with Crippen molar-refractivity contribution < 1.29 is 17.6 Å². The third-order valence-corrected chi connectivity index (χ3v) is 7.49. The topological polar surface area (TPSA) is 51.3 Å². The van der Waals surface area contributed by atoms with E-state index in [9.17, 15) is 18.0 Å². The zero-order valence-electron chi connectivity index (χ0n) is 22.8. The van der Waals surface area contributed by atoms with Crippen LogP contribution in [0.1, 0.15) is 56.5 Å². The van der Waals surface area contributed by atoms with Gasteiger partial charge in [0.2, 0.25) is 0 Å². The molecule has 3 heterocycles. The lowest BCUT2D eigenvalue weighted by Crippen LogP contribution is -2.45. The Kier molecular flexibility index (Phi) is 7.01. The van der Waals surface area contributed by atoms with Gasteiger partial charge in [0.1, 0.15) is 23.1 Å². The fraction of sp³-hybridized carbons (Fsp3) is 0.355. The van der Waals surface area contributed by atoms with Crippen LogP contribution in [-0.2, 0) is 0 Å². The molecule has 0 aliphatic carbocycles. The van der Waals surface area contributed by atoms with E-state index in [0.29, 0.717) is 34.0 Å². The van der Waals surface area contributed by atoms with Crippen LogP contribution in [0.4, 0.5) is 13.2 Å². The Balaban J connectivity index is 1.63. The van der Waals surface area contributed by atoms with Crippen molar-refractivity contribution in [3.63, 3.8) is 0 Å². The zero-order chi connectivity index (χ0) is 28.1. The molecule has 5 nitrogen and oxygen atoms in total. The van der Waals surface area contributed by atoms with E-state index in [1.807, 2.05) is 0 Å². The second kappa shape index (κ2) is 10.2. The minimum atomic E-state index is -0.764. The Morgan fingerprint density at radius 1 is 0.923 bits per heavy atom. The van der Waals surface area contributed by atoms with Crippen molar-refractivity contribution in [2.45, 2.75) is 58.9 Å². The number of likely N-dealkylation sites (tertiary alicyclic amines) is 1. The van der Waals surface area contributed by atoms with Crippen molar-refractivity contribution in [1.82, 2.24) is 14.5 Å². The number of benzene rings is 2. The minimum Gasteiger partial charge on any atom is -0.440 e. The standard InChI is InChI=1S/C31H32F3N3O2/c1-18-14-23(33)15-19(2)28(18)37-17-21(6-9-26(37)38)27-29(24-8-7-22(32)16-25(24)34)39-30(35-27)20-10-12-36(13-11-20)31(3,4)5/h6-9,14-17,20H,10-13H2,1-5H3. The van der Waals surface area contributed by atoms with E-state index in [1.165, 1.54) is 34.9 Å². The lowest BCUT2D eigenvalue weighted by Gasteiger charge is -2.40. The highest BCUT2D eigenvalue weighted by atomic mass is 19.1. The Labute approximate surface area is 225 Å². The first-order valence-corrected chi connectivity index (χ1v) is 13.1. The molecule has 0 saturated carbocycles. The van der Waals surface area contributed by atoms with Crippen molar-refractivity contribution in [1.29, 1.82) is 0 Å². The number of hydrogen-bond donors (Lipinski definition) is 0. The number of pyridine rings is 1. The van der Waals surface area contributed by atoms with Crippen molar-refractivity contribution in [3.8, 4) is 28.3 Å². The average molecular weight is 536 g/mol.